The number of carbonyl (C=O) groups is 1. The Hall–Kier alpha value is -0.830. The molecule has 0 radical (unpaired) electrons. The molecule has 1 saturated heterocycles. The minimum Gasteiger partial charge on any atom is -0.462 e. The van der Waals surface area contributed by atoms with E-state index in [9.17, 15) is 4.79 Å². The minimum atomic E-state index is 0.0303. The molecule has 3 heteroatoms. The summed E-state index contributed by atoms with van der Waals surface area (Å²) in [5.74, 6) is 5.31. The summed E-state index contributed by atoms with van der Waals surface area (Å²) in [4.78, 5) is 15.0. The highest BCUT2D eigenvalue weighted by atomic mass is 16.5. The van der Waals surface area contributed by atoms with Gasteiger partial charge >= 0.3 is 5.97 Å². The Bertz CT molecular complexity index is 828. The summed E-state index contributed by atoms with van der Waals surface area (Å²) in [5.41, 5.74) is 2.53. The van der Waals surface area contributed by atoms with E-state index in [2.05, 4.69) is 45.6 Å². The summed E-state index contributed by atoms with van der Waals surface area (Å²) >= 11 is 0. The van der Waals surface area contributed by atoms with E-state index in [1.54, 1.807) is 5.57 Å². The molecule has 5 aliphatic rings. The van der Waals surface area contributed by atoms with Crippen LogP contribution in [0.5, 0.6) is 0 Å². The molecule has 0 spiro atoms. The van der Waals surface area contributed by atoms with Crippen molar-refractivity contribution in [2.75, 3.05) is 19.6 Å². The number of allylic oxidation sites excluding steroid dienone is 1. The van der Waals surface area contributed by atoms with Gasteiger partial charge in [-0.2, -0.15) is 0 Å². The van der Waals surface area contributed by atoms with Crippen LogP contribution in [0.1, 0.15) is 125 Å². The zero-order valence-electron chi connectivity index (χ0n) is 24.9. The van der Waals surface area contributed by atoms with Gasteiger partial charge in [0, 0.05) is 13.0 Å². The van der Waals surface area contributed by atoms with Gasteiger partial charge in [0.1, 0.15) is 6.10 Å². The average Bonchev–Trinajstić information content (AvgIpc) is 3.50. The lowest BCUT2D eigenvalue weighted by Gasteiger charge is -2.58. The van der Waals surface area contributed by atoms with E-state index in [-0.39, 0.29) is 12.1 Å². The fourth-order valence-electron chi connectivity index (χ4n) is 10.3. The van der Waals surface area contributed by atoms with Crippen molar-refractivity contribution in [2.24, 2.45) is 46.3 Å². The highest BCUT2D eigenvalue weighted by Gasteiger charge is 2.59. The molecule has 0 aromatic carbocycles. The lowest BCUT2D eigenvalue weighted by atomic mass is 9.47. The molecule has 0 aromatic heterocycles. The maximum Gasteiger partial charge on any atom is 0.307 e. The molecular formula is C34H57NO2. The minimum absolute atomic E-state index is 0.0303. The fraction of sp³-hybridized carbons (Fsp3) is 0.912. The fourth-order valence-corrected chi connectivity index (χ4v) is 10.3. The Morgan fingerprint density at radius 1 is 1.03 bits per heavy atom. The molecule has 210 valence electrons. The number of fused-ring (bicyclic) bond motifs is 5. The van der Waals surface area contributed by atoms with Crippen molar-refractivity contribution in [3.8, 4) is 0 Å². The maximum absolute atomic E-state index is 12.6. The highest BCUT2D eigenvalue weighted by molar-refractivity contribution is 5.69. The van der Waals surface area contributed by atoms with E-state index in [4.69, 9.17) is 4.74 Å². The van der Waals surface area contributed by atoms with Gasteiger partial charge in [-0.3, -0.25) is 4.79 Å². The molecule has 0 bridgehead atoms. The van der Waals surface area contributed by atoms with Crippen LogP contribution in [0.25, 0.3) is 0 Å². The molecule has 8 atom stereocenters. The number of nitrogens with zero attached hydrogens (tertiary/aromatic N) is 1. The van der Waals surface area contributed by atoms with Crippen molar-refractivity contribution in [1.82, 2.24) is 4.90 Å². The van der Waals surface area contributed by atoms with Crippen LogP contribution in [0.3, 0.4) is 0 Å². The van der Waals surface area contributed by atoms with Crippen molar-refractivity contribution in [2.45, 2.75) is 131 Å². The van der Waals surface area contributed by atoms with Gasteiger partial charge in [0.2, 0.25) is 0 Å². The molecule has 0 N–H and O–H groups in total. The summed E-state index contributed by atoms with van der Waals surface area (Å²) in [6, 6.07) is 0. The van der Waals surface area contributed by atoms with Crippen LogP contribution < -0.4 is 0 Å². The predicted octanol–water partition coefficient (Wildman–Crippen LogP) is 8.43. The van der Waals surface area contributed by atoms with Crippen LogP contribution in [0.2, 0.25) is 0 Å². The van der Waals surface area contributed by atoms with Gasteiger partial charge in [-0.25, -0.2) is 0 Å². The molecule has 4 aliphatic carbocycles. The van der Waals surface area contributed by atoms with Gasteiger partial charge in [-0.1, -0.05) is 65.5 Å². The first-order valence-corrected chi connectivity index (χ1v) is 16.3. The summed E-state index contributed by atoms with van der Waals surface area (Å²) < 4.78 is 6.05. The number of rotatable bonds is 9. The number of ether oxygens (including phenoxy) is 1. The zero-order valence-corrected chi connectivity index (χ0v) is 24.9. The average molecular weight is 512 g/mol. The first-order chi connectivity index (χ1) is 17.7. The van der Waals surface area contributed by atoms with Crippen molar-refractivity contribution >= 4 is 5.97 Å². The Morgan fingerprint density at radius 3 is 2.57 bits per heavy atom. The largest absolute Gasteiger partial charge is 0.462 e. The smallest absolute Gasteiger partial charge is 0.307 e. The van der Waals surface area contributed by atoms with Gasteiger partial charge in [-0.05, 0) is 117 Å². The lowest BCUT2D eigenvalue weighted by Crippen LogP contribution is -2.51. The quantitative estimate of drug-likeness (QED) is 0.230. The van der Waals surface area contributed by atoms with Crippen LogP contribution in [0, 0.1) is 46.3 Å². The molecule has 3 saturated carbocycles. The third kappa shape index (κ3) is 5.59. The standard InChI is InChI=1S/C34H57NO2/c1-24(2)9-8-10-25(3)29-13-14-30-28-12-11-26-23-27(37-32(36)17-22-35-20-6-7-21-35)15-18-33(26,4)31(28)16-19-34(29,30)5/h11,24-25,27-31H,6-10,12-23H2,1-5H3/t25-,27+,28+,29-,30+,31+,33+,34-/m1/s1. The van der Waals surface area contributed by atoms with Crippen molar-refractivity contribution in [1.29, 1.82) is 0 Å². The second kappa shape index (κ2) is 11.3. The van der Waals surface area contributed by atoms with Crippen LogP contribution in [-0.2, 0) is 9.53 Å². The maximum atomic E-state index is 12.6. The summed E-state index contributed by atoms with van der Waals surface area (Å²) in [6.07, 6.45) is 20.4. The van der Waals surface area contributed by atoms with Gasteiger partial charge in [-0.15, -0.1) is 0 Å². The number of hydrogen-bond acceptors (Lipinski definition) is 3. The van der Waals surface area contributed by atoms with Crippen molar-refractivity contribution in [3.05, 3.63) is 11.6 Å². The Balaban J connectivity index is 1.19. The predicted molar refractivity (Wildman–Crippen MR) is 153 cm³/mol. The second-order valence-electron chi connectivity index (χ2n) is 14.9. The summed E-state index contributed by atoms with van der Waals surface area (Å²) in [7, 11) is 0. The monoisotopic (exact) mass is 511 g/mol. The molecule has 4 fully saturated rings. The van der Waals surface area contributed by atoms with E-state index in [0.29, 0.717) is 17.3 Å². The third-order valence-electron chi connectivity index (χ3n) is 12.4. The van der Waals surface area contributed by atoms with Gasteiger partial charge in [0.25, 0.3) is 0 Å². The van der Waals surface area contributed by atoms with E-state index in [1.807, 2.05) is 0 Å². The molecule has 0 amide bonds. The molecule has 37 heavy (non-hydrogen) atoms. The van der Waals surface area contributed by atoms with Gasteiger partial charge in [0.05, 0.1) is 6.42 Å². The molecule has 3 nitrogen and oxygen atoms in total. The van der Waals surface area contributed by atoms with E-state index >= 15 is 0 Å². The molecule has 5 rings (SSSR count). The molecule has 0 unspecified atom stereocenters. The van der Waals surface area contributed by atoms with E-state index in [1.165, 1.54) is 70.6 Å². The van der Waals surface area contributed by atoms with Crippen molar-refractivity contribution < 1.29 is 9.53 Å². The lowest BCUT2D eigenvalue weighted by molar-refractivity contribution is -0.151. The normalized spacial score (nSPS) is 40.6. The first-order valence-electron chi connectivity index (χ1n) is 16.3. The molecule has 0 aromatic rings. The molecule has 1 aliphatic heterocycles. The molecule has 1 heterocycles. The van der Waals surface area contributed by atoms with Crippen molar-refractivity contribution in [3.63, 3.8) is 0 Å². The third-order valence-corrected chi connectivity index (χ3v) is 12.4. The number of likely N-dealkylation sites (tertiary alicyclic amines) is 1. The first kappa shape index (κ1) is 27.7. The summed E-state index contributed by atoms with van der Waals surface area (Å²) in [5, 5.41) is 0. The Morgan fingerprint density at radius 2 is 1.81 bits per heavy atom. The zero-order chi connectivity index (χ0) is 26.2. The van der Waals surface area contributed by atoms with Crippen LogP contribution in [-0.4, -0.2) is 36.6 Å². The molecular weight excluding hydrogens is 454 g/mol. The van der Waals surface area contributed by atoms with Gasteiger partial charge in [0.15, 0.2) is 0 Å². The Kier molecular flexibility index (Phi) is 8.50. The number of esters is 1. The van der Waals surface area contributed by atoms with Gasteiger partial charge < -0.3 is 9.64 Å². The van der Waals surface area contributed by atoms with Crippen LogP contribution in [0.15, 0.2) is 11.6 Å². The number of carbonyl (C=O) groups excluding carboxylic acids is 1. The van der Waals surface area contributed by atoms with Crippen LogP contribution in [0.4, 0.5) is 0 Å². The topological polar surface area (TPSA) is 29.5 Å². The Labute approximate surface area is 228 Å². The van der Waals surface area contributed by atoms with Crippen LogP contribution >= 0.6 is 0 Å². The SMILES string of the molecule is CC(C)CCC[C@@H](C)[C@H]1CC[C@H]2[C@@H]3CC=C4C[C@@H](OC(=O)CCN5CCCC5)CC[C@]4(C)[C@H]3CC[C@]12C. The van der Waals surface area contributed by atoms with E-state index < -0.39 is 0 Å². The van der Waals surface area contributed by atoms with E-state index in [0.717, 1.165) is 68.0 Å². The summed E-state index contributed by atoms with van der Waals surface area (Å²) in [6.45, 7) is 15.8. The second-order valence-corrected chi connectivity index (χ2v) is 14.9. The highest BCUT2D eigenvalue weighted by Crippen LogP contribution is 2.67. The number of hydrogen-bond donors (Lipinski definition) is 0.